The third-order valence-electron chi connectivity index (χ3n) is 3.98. The molecule has 2 N–H and O–H groups in total. The highest BCUT2D eigenvalue weighted by Crippen LogP contribution is 2.27. The van der Waals surface area contributed by atoms with Crippen molar-refractivity contribution in [2.45, 2.75) is 32.7 Å². The maximum Gasteiger partial charge on any atom is 0.234 e. The number of hydrogen-bond donors (Lipinski definition) is 2. The molecule has 2 rings (SSSR count). The van der Waals surface area contributed by atoms with E-state index in [1.165, 1.54) is 19.1 Å². The van der Waals surface area contributed by atoms with Gasteiger partial charge >= 0.3 is 0 Å². The van der Waals surface area contributed by atoms with Crippen molar-refractivity contribution in [3.63, 3.8) is 0 Å². The molecule has 0 fully saturated rings. The van der Waals surface area contributed by atoms with Crippen LogP contribution in [0.15, 0.2) is 23.2 Å². The van der Waals surface area contributed by atoms with Gasteiger partial charge in [-0.2, -0.15) is 5.26 Å². The van der Waals surface area contributed by atoms with Gasteiger partial charge in [-0.05, 0) is 50.1 Å². The van der Waals surface area contributed by atoms with E-state index in [2.05, 4.69) is 21.7 Å². The molecule has 1 heterocycles. The summed E-state index contributed by atoms with van der Waals surface area (Å²) in [6.45, 7) is 6.89. The molecular weight excluding hydrogens is 367 g/mol. The fourth-order valence-electron chi connectivity index (χ4n) is 2.37. The average Bonchev–Trinajstić information content (AvgIpc) is 2.60. The number of nitrogens with one attached hydrogen (secondary N) is 2. The number of benzene rings is 1. The van der Waals surface area contributed by atoms with Gasteiger partial charge in [-0.3, -0.25) is 9.59 Å². The normalized spacial score (nSPS) is 10.2. The van der Waals surface area contributed by atoms with Crippen LogP contribution in [0.3, 0.4) is 0 Å². The second-order valence-corrected chi connectivity index (χ2v) is 6.92. The van der Waals surface area contributed by atoms with E-state index in [1.54, 1.807) is 0 Å². The van der Waals surface area contributed by atoms with Gasteiger partial charge < -0.3 is 10.6 Å². The molecular formula is C19H19FN4O2S. The Bertz CT molecular complexity index is 954. The van der Waals surface area contributed by atoms with E-state index in [0.717, 1.165) is 34.6 Å². The largest absolute Gasteiger partial charge is 0.325 e. The van der Waals surface area contributed by atoms with Crippen molar-refractivity contribution >= 4 is 35.0 Å². The minimum atomic E-state index is -0.592. The Morgan fingerprint density at radius 3 is 2.56 bits per heavy atom. The van der Waals surface area contributed by atoms with Crippen molar-refractivity contribution in [3.05, 3.63) is 46.4 Å². The summed E-state index contributed by atoms with van der Waals surface area (Å²) < 4.78 is 13.7. The van der Waals surface area contributed by atoms with Gasteiger partial charge in [0.15, 0.2) is 0 Å². The number of amides is 2. The van der Waals surface area contributed by atoms with Crippen LogP contribution in [0.25, 0.3) is 0 Å². The number of aromatic nitrogens is 1. The molecule has 0 saturated heterocycles. The highest BCUT2D eigenvalue weighted by Gasteiger charge is 2.15. The Hall–Kier alpha value is -2.92. The van der Waals surface area contributed by atoms with Crippen molar-refractivity contribution < 1.29 is 14.0 Å². The molecule has 0 aliphatic rings. The van der Waals surface area contributed by atoms with E-state index < -0.39 is 11.7 Å². The molecule has 1 aromatic heterocycles. The summed E-state index contributed by atoms with van der Waals surface area (Å²) in [4.78, 5) is 27.7. The zero-order valence-electron chi connectivity index (χ0n) is 15.4. The van der Waals surface area contributed by atoms with Gasteiger partial charge in [0, 0.05) is 18.3 Å². The number of carbonyl (C=O) groups is 2. The van der Waals surface area contributed by atoms with Crippen LogP contribution in [0.1, 0.15) is 29.3 Å². The molecule has 2 amide bonds. The molecule has 2 aromatic rings. The van der Waals surface area contributed by atoms with E-state index in [9.17, 15) is 19.2 Å². The van der Waals surface area contributed by atoms with Gasteiger partial charge in [-0.1, -0.05) is 11.8 Å². The summed E-state index contributed by atoms with van der Waals surface area (Å²) in [5.41, 5.74) is 3.43. The maximum absolute atomic E-state index is 13.7. The van der Waals surface area contributed by atoms with Crippen LogP contribution in [-0.2, 0) is 9.59 Å². The lowest BCUT2D eigenvalue weighted by Crippen LogP contribution is -2.15. The van der Waals surface area contributed by atoms with Crippen molar-refractivity contribution in [1.29, 1.82) is 5.26 Å². The molecule has 0 saturated carbocycles. The summed E-state index contributed by atoms with van der Waals surface area (Å²) in [7, 11) is 0. The fourth-order valence-corrected chi connectivity index (χ4v) is 3.25. The number of anilines is 2. The van der Waals surface area contributed by atoms with Crippen LogP contribution in [0.5, 0.6) is 0 Å². The number of aryl methyl sites for hydroxylation is 1. The lowest BCUT2D eigenvalue weighted by Gasteiger charge is -2.11. The van der Waals surface area contributed by atoms with Crippen molar-refractivity contribution in [2.24, 2.45) is 0 Å². The van der Waals surface area contributed by atoms with E-state index in [4.69, 9.17) is 0 Å². The van der Waals surface area contributed by atoms with Crippen LogP contribution in [0.2, 0.25) is 0 Å². The molecule has 0 spiro atoms. The van der Waals surface area contributed by atoms with Crippen LogP contribution >= 0.6 is 11.8 Å². The first kappa shape index (κ1) is 20.4. The molecule has 1 aromatic carbocycles. The Kier molecular flexibility index (Phi) is 6.53. The zero-order valence-corrected chi connectivity index (χ0v) is 16.3. The molecule has 8 heteroatoms. The van der Waals surface area contributed by atoms with Crippen molar-refractivity contribution in [3.8, 4) is 6.07 Å². The minimum Gasteiger partial charge on any atom is -0.325 e. The van der Waals surface area contributed by atoms with Gasteiger partial charge in [0.25, 0.3) is 0 Å². The highest BCUT2D eigenvalue weighted by molar-refractivity contribution is 8.00. The molecule has 0 bridgehead atoms. The van der Waals surface area contributed by atoms with Gasteiger partial charge in [0.2, 0.25) is 11.8 Å². The smallest absolute Gasteiger partial charge is 0.234 e. The first-order valence-electron chi connectivity index (χ1n) is 8.10. The monoisotopic (exact) mass is 386 g/mol. The third-order valence-corrected chi connectivity index (χ3v) is 4.95. The summed E-state index contributed by atoms with van der Waals surface area (Å²) in [6, 6.07) is 6.05. The Morgan fingerprint density at radius 1 is 1.22 bits per heavy atom. The number of carbonyl (C=O) groups excluding carboxylic acids is 2. The Morgan fingerprint density at radius 2 is 1.93 bits per heavy atom. The predicted octanol–water partition coefficient (Wildman–Crippen LogP) is 3.71. The van der Waals surface area contributed by atoms with Gasteiger partial charge in [-0.15, -0.1) is 0 Å². The lowest BCUT2D eigenvalue weighted by atomic mass is 10.1. The molecule has 27 heavy (non-hydrogen) atoms. The molecule has 0 radical (unpaired) electrons. The van der Waals surface area contributed by atoms with E-state index in [-0.39, 0.29) is 17.3 Å². The van der Waals surface area contributed by atoms with Gasteiger partial charge in [0.1, 0.15) is 16.9 Å². The second-order valence-electron chi connectivity index (χ2n) is 5.95. The number of pyridine rings is 1. The van der Waals surface area contributed by atoms with Crippen LogP contribution < -0.4 is 10.6 Å². The molecule has 0 aliphatic heterocycles. The predicted molar refractivity (Wildman–Crippen MR) is 103 cm³/mol. The average molecular weight is 386 g/mol. The summed E-state index contributed by atoms with van der Waals surface area (Å²) in [5, 5.41) is 14.9. The van der Waals surface area contributed by atoms with Crippen LogP contribution in [-0.4, -0.2) is 22.6 Å². The topological polar surface area (TPSA) is 94.9 Å². The number of thioether (sulfide) groups is 1. The van der Waals surface area contributed by atoms with Crippen molar-refractivity contribution in [2.75, 3.05) is 16.4 Å². The third kappa shape index (κ3) is 5.05. The zero-order chi connectivity index (χ0) is 20.1. The Balaban J connectivity index is 2.10. The summed E-state index contributed by atoms with van der Waals surface area (Å²) >= 11 is 1.16. The van der Waals surface area contributed by atoms with E-state index in [1.807, 2.05) is 20.8 Å². The number of nitrogens with zero attached hydrogens (tertiary/aromatic N) is 2. The second kappa shape index (κ2) is 8.64. The van der Waals surface area contributed by atoms with E-state index in [0.29, 0.717) is 16.3 Å². The standard InChI is InChI=1S/C19H19FN4O2S/c1-10-11(2)15(8-21)19(22-12(10)3)27-9-18(26)24-14-5-6-16(20)17(7-14)23-13(4)25/h5-7H,9H2,1-4H3,(H,23,25)(H,24,26). The van der Waals surface area contributed by atoms with Crippen LogP contribution in [0, 0.1) is 37.9 Å². The molecule has 0 aliphatic carbocycles. The minimum absolute atomic E-state index is 0.00818. The molecule has 0 atom stereocenters. The van der Waals surface area contributed by atoms with Crippen molar-refractivity contribution in [1.82, 2.24) is 4.98 Å². The lowest BCUT2D eigenvalue weighted by molar-refractivity contribution is -0.114. The van der Waals surface area contributed by atoms with Gasteiger partial charge in [-0.25, -0.2) is 9.37 Å². The summed E-state index contributed by atoms with van der Waals surface area (Å²) in [5.74, 6) is -1.29. The number of hydrogen-bond acceptors (Lipinski definition) is 5. The maximum atomic E-state index is 13.7. The highest BCUT2D eigenvalue weighted by atomic mass is 32.2. The van der Waals surface area contributed by atoms with E-state index >= 15 is 0 Å². The van der Waals surface area contributed by atoms with Gasteiger partial charge in [0.05, 0.1) is 17.0 Å². The fraction of sp³-hybridized carbons (Fsp3) is 0.263. The number of halogens is 1. The molecule has 6 nitrogen and oxygen atoms in total. The number of rotatable bonds is 5. The quantitative estimate of drug-likeness (QED) is 0.764. The first-order chi connectivity index (χ1) is 12.7. The number of nitriles is 1. The summed E-state index contributed by atoms with van der Waals surface area (Å²) in [6.07, 6.45) is 0. The van der Waals surface area contributed by atoms with Crippen LogP contribution in [0.4, 0.5) is 15.8 Å². The Labute approximate surface area is 161 Å². The molecule has 140 valence electrons. The molecule has 0 unspecified atom stereocenters. The SMILES string of the molecule is CC(=O)Nc1cc(NC(=O)CSc2nc(C)c(C)c(C)c2C#N)ccc1F. The first-order valence-corrected chi connectivity index (χ1v) is 9.09.